The van der Waals surface area contributed by atoms with Crippen molar-refractivity contribution in [2.75, 3.05) is 19.6 Å². The Bertz CT molecular complexity index is 757. The fourth-order valence-corrected chi connectivity index (χ4v) is 5.44. The number of aromatic nitrogens is 1. The number of benzene rings is 1. The highest BCUT2D eigenvalue weighted by Crippen LogP contribution is 2.40. The summed E-state index contributed by atoms with van der Waals surface area (Å²) in [6, 6.07) is 8.60. The lowest BCUT2D eigenvalue weighted by Crippen LogP contribution is -2.43. The van der Waals surface area contributed by atoms with Crippen LogP contribution in [0.1, 0.15) is 47.9 Å². The number of hydrogen-bond acceptors (Lipinski definition) is 4. The largest absolute Gasteiger partial charge is 0.465 e. The van der Waals surface area contributed by atoms with Crippen LogP contribution < -0.4 is 5.32 Å². The van der Waals surface area contributed by atoms with Crippen molar-refractivity contribution >= 4 is 17.4 Å². The highest BCUT2D eigenvalue weighted by molar-refractivity contribution is 7.09. The third-order valence-electron chi connectivity index (χ3n) is 6.41. The van der Waals surface area contributed by atoms with Crippen LogP contribution in [-0.2, 0) is 12.8 Å². The van der Waals surface area contributed by atoms with Gasteiger partial charge in [-0.25, -0.2) is 9.78 Å². The number of amides is 1. The molecule has 2 aromatic rings. The standard InChI is InChI=1S/C22H29N3O2S/c26-22(27)25-13-9-19(17-7-10-23-11-8-17)15-20(25)18-4-1-16(2-5-18)3-6-21-24-12-14-28-21/h1-2,4-5,12,14,17,19-20,23H,3,6-11,13,15H2,(H,26,27). The van der Waals surface area contributed by atoms with Crippen molar-refractivity contribution in [3.8, 4) is 0 Å². The number of carboxylic acid groups (broad SMARTS) is 1. The number of carbonyl (C=O) groups is 1. The van der Waals surface area contributed by atoms with Crippen LogP contribution >= 0.6 is 11.3 Å². The predicted octanol–water partition coefficient (Wildman–Crippen LogP) is 4.36. The molecule has 2 fully saturated rings. The number of nitrogens with one attached hydrogen (secondary N) is 1. The van der Waals surface area contributed by atoms with E-state index in [1.54, 1.807) is 16.2 Å². The average Bonchev–Trinajstić information content (AvgIpc) is 3.26. The van der Waals surface area contributed by atoms with E-state index in [1.807, 2.05) is 11.6 Å². The SMILES string of the molecule is O=C(O)N1CCC(C2CCNCC2)CC1c1ccc(CCc2nccs2)cc1. The van der Waals surface area contributed by atoms with Gasteiger partial charge in [-0.3, -0.25) is 0 Å². The lowest BCUT2D eigenvalue weighted by molar-refractivity contribution is 0.0687. The number of thiazole rings is 1. The number of aryl methyl sites for hydroxylation is 2. The zero-order valence-corrected chi connectivity index (χ0v) is 17.0. The second-order valence-corrected chi connectivity index (χ2v) is 9.01. The Kier molecular flexibility index (Phi) is 6.27. The third kappa shape index (κ3) is 4.55. The van der Waals surface area contributed by atoms with Gasteiger partial charge >= 0.3 is 6.09 Å². The molecule has 2 aliphatic heterocycles. The minimum Gasteiger partial charge on any atom is -0.465 e. The van der Waals surface area contributed by atoms with Gasteiger partial charge < -0.3 is 15.3 Å². The van der Waals surface area contributed by atoms with E-state index in [-0.39, 0.29) is 6.04 Å². The first-order chi connectivity index (χ1) is 13.7. The maximum Gasteiger partial charge on any atom is 0.407 e. The summed E-state index contributed by atoms with van der Waals surface area (Å²) in [5.41, 5.74) is 2.42. The topological polar surface area (TPSA) is 65.5 Å². The zero-order valence-electron chi connectivity index (χ0n) is 16.2. The van der Waals surface area contributed by atoms with Crippen LogP contribution in [-0.4, -0.2) is 40.7 Å². The first-order valence-corrected chi connectivity index (χ1v) is 11.3. The molecule has 2 aliphatic rings. The van der Waals surface area contributed by atoms with Crippen LogP contribution in [0.4, 0.5) is 4.79 Å². The van der Waals surface area contributed by atoms with Gasteiger partial charge in [0, 0.05) is 24.5 Å². The van der Waals surface area contributed by atoms with Crippen LogP contribution in [0.15, 0.2) is 35.8 Å². The summed E-state index contributed by atoms with van der Waals surface area (Å²) in [5, 5.41) is 16.3. The van der Waals surface area contributed by atoms with E-state index in [0.717, 1.165) is 50.3 Å². The molecule has 28 heavy (non-hydrogen) atoms. The normalized spacial score (nSPS) is 23.6. The summed E-state index contributed by atoms with van der Waals surface area (Å²) < 4.78 is 0. The van der Waals surface area contributed by atoms with Crippen molar-refractivity contribution < 1.29 is 9.90 Å². The molecule has 2 unspecified atom stereocenters. The maximum absolute atomic E-state index is 11.8. The lowest BCUT2D eigenvalue weighted by Gasteiger charge is -2.42. The Hall–Kier alpha value is -1.92. The Morgan fingerprint density at radius 2 is 1.93 bits per heavy atom. The first kappa shape index (κ1) is 19.4. The van der Waals surface area contributed by atoms with Crippen LogP contribution in [0.5, 0.6) is 0 Å². The molecule has 3 heterocycles. The van der Waals surface area contributed by atoms with Gasteiger partial charge in [0.2, 0.25) is 0 Å². The Balaban J connectivity index is 1.44. The van der Waals surface area contributed by atoms with Gasteiger partial charge in [0.25, 0.3) is 0 Å². The van der Waals surface area contributed by atoms with E-state index in [2.05, 4.69) is 34.6 Å². The molecule has 1 aromatic carbocycles. The number of rotatable bonds is 5. The number of nitrogens with zero attached hydrogens (tertiary/aromatic N) is 2. The van der Waals surface area contributed by atoms with E-state index < -0.39 is 6.09 Å². The number of likely N-dealkylation sites (tertiary alicyclic amines) is 1. The van der Waals surface area contributed by atoms with Crippen molar-refractivity contribution in [3.63, 3.8) is 0 Å². The molecule has 0 radical (unpaired) electrons. The second-order valence-electron chi connectivity index (χ2n) is 8.03. The monoisotopic (exact) mass is 399 g/mol. The van der Waals surface area contributed by atoms with Gasteiger partial charge in [-0.2, -0.15) is 0 Å². The van der Waals surface area contributed by atoms with Crippen molar-refractivity contribution in [3.05, 3.63) is 52.0 Å². The zero-order chi connectivity index (χ0) is 19.3. The Labute approximate surface area is 170 Å². The molecule has 2 N–H and O–H groups in total. The molecule has 0 bridgehead atoms. The molecule has 1 amide bonds. The molecule has 2 atom stereocenters. The molecule has 1 aromatic heterocycles. The molecule has 0 aliphatic carbocycles. The molecular formula is C22H29N3O2S. The fourth-order valence-electron chi connectivity index (χ4n) is 4.82. The molecule has 4 rings (SSSR count). The predicted molar refractivity (Wildman–Crippen MR) is 112 cm³/mol. The quantitative estimate of drug-likeness (QED) is 0.784. The van der Waals surface area contributed by atoms with Crippen LogP contribution in [0.2, 0.25) is 0 Å². The molecule has 6 heteroatoms. The Morgan fingerprint density at radius 1 is 1.14 bits per heavy atom. The molecule has 0 spiro atoms. The molecule has 2 saturated heterocycles. The maximum atomic E-state index is 11.8. The number of piperidine rings is 2. The third-order valence-corrected chi connectivity index (χ3v) is 7.25. The van der Waals surface area contributed by atoms with Crippen molar-refractivity contribution in [1.29, 1.82) is 0 Å². The lowest BCUT2D eigenvalue weighted by atomic mass is 9.75. The first-order valence-electron chi connectivity index (χ1n) is 10.4. The fraction of sp³-hybridized carbons (Fsp3) is 0.545. The van der Waals surface area contributed by atoms with Gasteiger partial charge in [0.15, 0.2) is 0 Å². The summed E-state index contributed by atoms with van der Waals surface area (Å²) in [4.78, 5) is 17.8. The minimum atomic E-state index is -0.790. The van der Waals surface area contributed by atoms with Gasteiger partial charge in [-0.15, -0.1) is 11.3 Å². The average molecular weight is 400 g/mol. The summed E-state index contributed by atoms with van der Waals surface area (Å²) in [6.45, 7) is 2.85. The van der Waals surface area contributed by atoms with Crippen LogP contribution in [0.3, 0.4) is 0 Å². The molecular weight excluding hydrogens is 370 g/mol. The van der Waals surface area contributed by atoms with E-state index in [1.165, 1.54) is 23.4 Å². The highest BCUT2D eigenvalue weighted by Gasteiger charge is 2.36. The molecule has 5 nitrogen and oxygen atoms in total. The van der Waals surface area contributed by atoms with Gasteiger partial charge in [0.05, 0.1) is 11.0 Å². The van der Waals surface area contributed by atoms with Crippen molar-refractivity contribution in [2.45, 2.75) is 44.6 Å². The summed E-state index contributed by atoms with van der Waals surface area (Å²) in [5.74, 6) is 1.37. The number of hydrogen-bond donors (Lipinski definition) is 2. The summed E-state index contributed by atoms with van der Waals surface area (Å²) in [7, 11) is 0. The van der Waals surface area contributed by atoms with E-state index >= 15 is 0 Å². The smallest absolute Gasteiger partial charge is 0.407 e. The van der Waals surface area contributed by atoms with E-state index in [0.29, 0.717) is 12.5 Å². The van der Waals surface area contributed by atoms with Gasteiger partial charge in [-0.05, 0) is 68.2 Å². The summed E-state index contributed by atoms with van der Waals surface area (Å²) >= 11 is 1.70. The Morgan fingerprint density at radius 3 is 2.61 bits per heavy atom. The highest BCUT2D eigenvalue weighted by atomic mass is 32.1. The molecule has 0 saturated carbocycles. The van der Waals surface area contributed by atoms with Gasteiger partial charge in [0.1, 0.15) is 0 Å². The minimum absolute atomic E-state index is 0.0147. The van der Waals surface area contributed by atoms with Crippen molar-refractivity contribution in [2.24, 2.45) is 11.8 Å². The van der Waals surface area contributed by atoms with E-state index in [4.69, 9.17) is 0 Å². The summed E-state index contributed by atoms with van der Waals surface area (Å²) in [6.07, 6.45) is 7.39. The van der Waals surface area contributed by atoms with Crippen LogP contribution in [0, 0.1) is 11.8 Å². The van der Waals surface area contributed by atoms with E-state index in [9.17, 15) is 9.90 Å². The van der Waals surface area contributed by atoms with Crippen LogP contribution in [0.25, 0.3) is 0 Å². The molecule has 150 valence electrons. The van der Waals surface area contributed by atoms with Crippen molar-refractivity contribution in [1.82, 2.24) is 15.2 Å². The van der Waals surface area contributed by atoms with Gasteiger partial charge in [-0.1, -0.05) is 24.3 Å². The second kappa shape index (κ2) is 9.05.